The minimum Gasteiger partial charge on any atom is -0.774 e. The van der Waals surface area contributed by atoms with E-state index >= 15 is 4.57 Å². The van der Waals surface area contributed by atoms with E-state index in [1.165, 1.54) is 24.3 Å². The maximum atomic E-state index is 15.2. The van der Waals surface area contributed by atoms with Crippen LogP contribution < -0.4 is 95.9 Å². The molecule has 0 bridgehead atoms. The Kier molecular flexibility index (Phi) is 14.0. The summed E-state index contributed by atoms with van der Waals surface area (Å²) in [6.07, 6.45) is 0. The molecule has 5 rings (SSSR count). The number of aromatic nitrogens is 4. The third-order valence-corrected chi connectivity index (χ3v) is 12.0. The Bertz CT molecular complexity index is 1840. The van der Waals surface area contributed by atoms with Crippen LogP contribution in [0.3, 0.4) is 0 Å². The zero-order valence-corrected chi connectivity index (χ0v) is 32.4. The molecule has 0 aliphatic carbocycles. The zero-order valence-electron chi connectivity index (χ0n) is 25.7. The van der Waals surface area contributed by atoms with Crippen molar-refractivity contribution in [3.8, 4) is 22.8 Å². The first kappa shape index (κ1) is 38.8. The Morgan fingerprint density at radius 3 is 1.17 bits per heavy atom. The molecule has 0 saturated heterocycles. The molecule has 5 aromatic rings. The van der Waals surface area contributed by atoms with E-state index in [-0.39, 0.29) is 105 Å². The second-order valence-electron chi connectivity index (χ2n) is 9.30. The van der Waals surface area contributed by atoms with Crippen LogP contribution in [0.2, 0.25) is 0 Å². The van der Waals surface area contributed by atoms with Crippen LogP contribution in [0, 0.1) is 0 Å². The maximum Gasteiger partial charge on any atom is 1.00 e. The molecule has 11 nitrogen and oxygen atoms in total. The predicted octanol–water partition coefficient (Wildman–Crippen LogP) is -3.32. The largest absolute Gasteiger partial charge is 1.00 e. The molecule has 0 spiro atoms. The van der Waals surface area contributed by atoms with Gasteiger partial charge in [-0.05, 0) is 62.4 Å². The van der Waals surface area contributed by atoms with Crippen molar-refractivity contribution in [2.75, 3.05) is 13.2 Å². The average Bonchev–Trinajstić information content (AvgIpc) is 3.05. The third kappa shape index (κ3) is 8.49. The standard InChI is InChI=1S/C30H29N4O7P3.2Na/c1-3-40-43(36,37)29-20-10-16-25(33-29)23-14-8-18-27(31-23)42(35,22-12-6-5-7-13-22)28-19-9-15-24(32-28)26-17-11-21-30(34-26)44(38,39)41-4-2;;/h5-21H,3-4H2,1-2H3,(H,36,37)(H,38,39);;/q;2*+1/p-2. The average molecular weight is 694 g/mol. The quantitative estimate of drug-likeness (QED) is 0.100. The minimum absolute atomic E-state index is 0. The van der Waals surface area contributed by atoms with Gasteiger partial charge in [0, 0.05) is 5.30 Å². The van der Waals surface area contributed by atoms with Gasteiger partial charge in [0.1, 0.15) is 21.7 Å². The molecular formula is C30H27N4Na2O7P3. The van der Waals surface area contributed by atoms with Crippen molar-refractivity contribution in [1.82, 2.24) is 19.9 Å². The number of rotatable bonds is 11. The van der Waals surface area contributed by atoms with Crippen LogP contribution in [0.5, 0.6) is 0 Å². The molecule has 0 radical (unpaired) electrons. The molecule has 2 atom stereocenters. The number of pyridine rings is 4. The first-order valence-electron chi connectivity index (χ1n) is 13.6. The van der Waals surface area contributed by atoms with Gasteiger partial charge in [-0.25, -0.2) is 19.9 Å². The van der Waals surface area contributed by atoms with E-state index in [4.69, 9.17) is 19.0 Å². The molecule has 0 saturated carbocycles. The maximum absolute atomic E-state index is 15.2. The number of hydrogen-bond acceptors (Lipinski definition) is 11. The molecule has 226 valence electrons. The summed E-state index contributed by atoms with van der Waals surface area (Å²) < 4.78 is 50.0. The molecule has 4 heterocycles. The van der Waals surface area contributed by atoms with E-state index in [0.29, 0.717) is 16.7 Å². The molecule has 0 aliphatic rings. The molecular weight excluding hydrogens is 667 g/mol. The van der Waals surface area contributed by atoms with Gasteiger partial charge in [-0.3, -0.25) is 0 Å². The van der Waals surface area contributed by atoms with Crippen LogP contribution in [-0.2, 0) is 22.7 Å². The molecule has 0 amide bonds. The fourth-order valence-corrected chi connectivity index (χ4v) is 8.80. The smallest absolute Gasteiger partial charge is 0.774 e. The second kappa shape index (κ2) is 16.6. The van der Waals surface area contributed by atoms with Gasteiger partial charge < -0.3 is 32.5 Å². The van der Waals surface area contributed by atoms with Gasteiger partial charge in [-0.1, -0.05) is 54.6 Å². The molecule has 1 aromatic carbocycles. The van der Waals surface area contributed by atoms with E-state index in [1.807, 2.05) is 0 Å². The molecule has 46 heavy (non-hydrogen) atoms. The SMILES string of the molecule is CCOP(=O)([O-])c1cccc(-c2cccc(P(=O)(c3ccccc3)c3cccc(-c4cccc(P(=O)([O-])OCC)n4)n3)n2)n1.[Na+].[Na+]. The summed E-state index contributed by atoms with van der Waals surface area (Å²) in [6.45, 7) is 3.07. The zero-order chi connectivity index (χ0) is 31.4. The van der Waals surface area contributed by atoms with Crippen LogP contribution >= 0.6 is 22.3 Å². The Labute approximate surface area is 311 Å². The van der Waals surface area contributed by atoms with Gasteiger partial charge in [0.2, 0.25) is 7.14 Å². The molecule has 0 N–H and O–H groups in total. The molecule has 4 aromatic heterocycles. The number of nitrogens with zero attached hydrogens (tertiary/aromatic N) is 4. The molecule has 0 fully saturated rings. The van der Waals surface area contributed by atoms with E-state index in [0.717, 1.165) is 0 Å². The van der Waals surface area contributed by atoms with Gasteiger partial charge >= 0.3 is 59.1 Å². The van der Waals surface area contributed by atoms with Crippen molar-refractivity contribution in [1.29, 1.82) is 0 Å². The van der Waals surface area contributed by atoms with Crippen molar-refractivity contribution in [2.45, 2.75) is 13.8 Å². The summed E-state index contributed by atoms with van der Waals surface area (Å²) in [5.74, 6) is 0. The minimum atomic E-state index is -4.39. The van der Waals surface area contributed by atoms with Crippen LogP contribution in [-0.4, -0.2) is 33.1 Å². The van der Waals surface area contributed by atoms with Gasteiger partial charge in [-0.15, -0.1) is 0 Å². The van der Waals surface area contributed by atoms with Crippen LogP contribution in [0.15, 0.2) is 103 Å². The Hall–Kier alpha value is -1.65. The summed E-state index contributed by atoms with van der Waals surface area (Å²) in [5.41, 5.74) is 0.982. The van der Waals surface area contributed by atoms with Crippen molar-refractivity contribution in [2.24, 2.45) is 0 Å². The van der Waals surface area contributed by atoms with Gasteiger partial charge in [0.25, 0.3) is 0 Å². The molecule has 0 aliphatic heterocycles. The Morgan fingerprint density at radius 1 is 0.500 bits per heavy atom. The third-order valence-electron chi connectivity index (χ3n) is 6.39. The Morgan fingerprint density at radius 2 is 0.826 bits per heavy atom. The number of hydrogen-bond donors (Lipinski definition) is 0. The summed E-state index contributed by atoms with van der Waals surface area (Å²) in [4.78, 5) is 42.9. The van der Waals surface area contributed by atoms with E-state index in [2.05, 4.69) is 9.97 Å². The van der Waals surface area contributed by atoms with Crippen molar-refractivity contribution in [3.63, 3.8) is 0 Å². The van der Waals surface area contributed by atoms with Gasteiger partial charge in [-0.2, -0.15) is 0 Å². The monoisotopic (exact) mass is 694 g/mol. The predicted molar refractivity (Wildman–Crippen MR) is 166 cm³/mol. The van der Waals surface area contributed by atoms with E-state index in [9.17, 15) is 18.9 Å². The number of benzene rings is 1. The van der Waals surface area contributed by atoms with Crippen molar-refractivity contribution >= 4 is 49.4 Å². The Balaban J connectivity index is 0.00000288. The first-order valence-corrected chi connectivity index (χ1v) is 18.4. The topological polar surface area (TPSA) is 167 Å². The first-order chi connectivity index (χ1) is 21.1. The fraction of sp³-hybridized carbons (Fsp3) is 0.133. The fourth-order valence-electron chi connectivity index (χ4n) is 4.41. The summed E-state index contributed by atoms with van der Waals surface area (Å²) >= 11 is 0. The van der Waals surface area contributed by atoms with Crippen LogP contribution in [0.1, 0.15) is 13.8 Å². The van der Waals surface area contributed by atoms with Gasteiger partial charge in [0.05, 0.1) is 36.0 Å². The van der Waals surface area contributed by atoms with Crippen molar-refractivity contribution in [3.05, 3.63) is 103 Å². The van der Waals surface area contributed by atoms with Crippen molar-refractivity contribution < 1.29 is 91.6 Å². The summed E-state index contributed by atoms with van der Waals surface area (Å²) in [5, 5.41) is 0.457. The summed E-state index contributed by atoms with van der Waals surface area (Å²) in [7, 11) is -12.5. The van der Waals surface area contributed by atoms with Gasteiger partial charge in [0.15, 0.2) is 15.2 Å². The second-order valence-corrected chi connectivity index (χ2v) is 15.4. The van der Waals surface area contributed by atoms with E-state index in [1.54, 1.807) is 92.7 Å². The molecule has 2 unspecified atom stereocenters. The molecule has 16 heteroatoms. The normalized spacial score (nSPS) is 14.9. The van der Waals surface area contributed by atoms with Crippen LogP contribution in [0.4, 0.5) is 0 Å². The van der Waals surface area contributed by atoms with Crippen LogP contribution in [0.25, 0.3) is 22.8 Å². The van der Waals surface area contributed by atoms with E-state index < -0.39 is 22.3 Å². The summed E-state index contributed by atoms with van der Waals surface area (Å²) in [6, 6.07) is 27.5.